The van der Waals surface area contributed by atoms with Crippen molar-refractivity contribution in [2.24, 2.45) is 0 Å². The summed E-state index contributed by atoms with van der Waals surface area (Å²) in [6.45, 7) is 4.90. The standard InChI is InChI=1S/C19H27N5O2S/c1-14-13-27-19(26)23(14)11-8-17(25)22-9-5-6-15(12-22)18-21-20-16-7-3-2-4-10-24(16)18/h13,15H,2-12H2,1H3. The Hall–Kier alpha value is -1.96. The highest BCUT2D eigenvalue weighted by atomic mass is 32.1. The molecule has 0 N–H and O–H groups in total. The van der Waals surface area contributed by atoms with E-state index in [9.17, 15) is 9.59 Å². The van der Waals surface area contributed by atoms with E-state index >= 15 is 0 Å². The van der Waals surface area contributed by atoms with Crippen molar-refractivity contribution < 1.29 is 4.79 Å². The Balaban J connectivity index is 1.41. The van der Waals surface area contributed by atoms with Crippen LogP contribution < -0.4 is 4.87 Å². The first-order valence-electron chi connectivity index (χ1n) is 9.98. The van der Waals surface area contributed by atoms with Gasteiger partial charge in [-0.25, -0.2) is 0 Å². The smallest absolute Gasteiger partial charge is 0.307 e. The number of hydrogen-bond acceptors (Lipinski definition) is 5. The zero-order valence-corrected chi connectivity index (χ0v) is 16.7. The Morgan fingerprint density at radius 1 is 1.22 bits per heavy atom. The molecule has 4 rings (SSSR count). The zero-order chi connectivity index (χ0) is 18.8. The van der Waals surface area contributed by atoms with Gasteiger partial charge in [0.2, 0.25) is 5.91 Å². The first-order chi connectivity index (χ1) is 13.1. The van der Waals surface area contributed by atoms with Crippen LogP contribution >= 0.6 is 11.3 Å². The summed E-state index contributed by atoms with van der Waals surface area (Å²) in [6.07, 6.45) is 7.07. The second-order valence-electron chi connectivity index (χ2n) is 7.66. The molecule has 1 amide bonds. The number of aryl methyl sites for hydroxylation is 2. The van der Waals surface area contributed by atoms with Crippen molar-refractivity contribution in [1.82, 2.24) is 24.2 Å². The lowest BCUT2D eigenvalue weighted by molar-refractivity contribution is -0.132. The Kier molecular flexibility index (Phi) is 5.43. The third-order valence-electron chi connectivity index (χ3n) is 5.80. The normalized spacial score (nSPS) is 20.3. The fourth-order valence-corrected chi connectivity index (χ4v) is 5.03. The Morgan fingerprint density at radius 2 is 2.11 bits per heavy atom. The molecule has 146 valence electrons. The van der Waals surface area contributed by atoms with Gasteiger partial charge in [0, 0.05) is 56.0 Å². The quantitative estimate of drug-likeness (QED) is 0.804. The van der Waals surface area contributed by atoms with Gasteiger partial charge in [-0.3, -0.25) is 9.59 Å². The van der Waals surface area contributed by atoms with Crippen LogP contribution in [0.1, 0.15) is 61.8 Å². The SMILES string of the molecule is Cc1csc(=O)n1CCC(=O)N1CCCC(c2nnc3n2CCCCC3)C1. The predicted octanol–water partition coefficient (Wildman–Crippen LogP) is 2.33. The topological polar surface area (TPSA) is 73.0 Å². The van der Waals surface area contributed by atoms with E-state index in [1.165, 1.54) is 30.6 Å². The Bertz CT molecular complexity index is 868. The number of nitrogens with zero attached hydrogens (tertiary/aromatic N) is 5. The van der Waals surface area contributed by atoms with Gasteiger partial charge in [-0.05, 0) is 32.6 Å². The number of carbonyl (C=O) groups excluding carboxylic acids is 1. The maximum atomic E-state index is 12.7. The lowest BCUT2D eigenvalue weighted by Gasteiger charge is -2.32. The lowest BCUT2D eigenvalue weighted by atomic mass is 9.96. The number of aromatic nitrogens is 4. The third-order valence-corrected chi connectivity index (χ3v) is 6.68. The van der Waals surface area contributed by atoms with E-state index in [2.05, 4.69) is 14.8 Å². The van der Waals surface area contributed by atoms with Gasteiger partial charge in [0.05, 0.1) is 0 Å². The molecule has 8 heteroatoms. The van der Waals surface area contributed by atoms with Gasteiger partial charge in [-0.1, -0.05) is 17.8 Å². The van der Waals surface area contributed by atoms with Gasteiger partial charge in [-0.15, -0.1) is 10.2 Å². The molecule has 2 aliphatic rings. The highest BCUT2D eigenvalue weighted by molar-refractivity contribution is 7.07. The van der Waals surface area contributed by atoms with Gasteiger partial charge in [0.15, 0.2) is 0 Å². The molecule has 4 heterocycles. The number of likely N-dealkylation sites (tertiary alicyclic amines) is 1. The lowest BCUT2D eigenvalue weighted by Crippen LogP contribution is -2.40. The van der Waals surface area contributed by atoms with Crippen molar-refractivity contribution in [3.05, 3.63) is 32.4 Å². The molecule has 1 fully saturated rings. The fourth-order valence-electron chi connectivity index (χ4n) is 4.26. The van der Waals surface area contributed by atoms with E-state index in [4.69, 9.17) is 0 Å². The fraction of sp³-hybridized carbons (Fsp3) is 0.684. The Labute approximate surface area is 163 Å². The second kappa shape index (κ2) is 7.96. The average Bonchev–Trinajstić information content (AvgIpc) is 3.14. The third kappa shape index (κ3) is 3.85. The molecule has 0 spiro atoms. The molecular weight excluding hydrogens is 362 g/mol. The summed E-state index contributed by atoms with van der Waals surface area (Å²) in [6, 6.07) is 0. The van der Waals surface area contributed by atoms with E-state index in [0.717, 1.165) is 49.7 Å². The summed E-state index contributed by atoms with van der Waals surface area (Å²) < 4.78 is 4.00. The van der Waals surface area contributed by atoms with Crippen LogP contribution in [0, 0.1) is 6.92 Å². The van der Waals surface area contributed by atoms with Crippen molar-refractivity contribution >= 4 is 17.2 Å². The number of piperidine rings is 1. The van der Waals surface area contributed by atoms with Crippen molar-refractivity contribution in [3.8, 4) is 0 Å². The molecular formula is C19H27N5O2S. The highest BCUT2D eigenvalue weighted by Gasteiger charge is 2.29. The zero-order valence-electron chi connectivity index (χ0n) is 15.9. The molecule has 2 aliphatic heterocycles. The van der Waals surface area contributed by atoms with Crippen LogP contribution in [0.15, 0.2) is 10.2 Å². The van der Waals surface area contributed by atoms with Gasteiger partial charge in [0.1, 0.15) is 11.6 Å². The monoisotopic (exact) mass is 389 g/mol. The largest absolute Gasteiger partial charge is 0.342 e. The molecule has 1 saturated heterocycles. The molecule has 27 heavy (non-hydrogen) atoms. The highest BCUT2D eigenvalue weighted by Crippen LogP contribution is 2.28. The van der Waals surface area contributed by atoms with E-state index in [0.29, 0.717) is 19.5 Å². The number of rotatable bonds is 4. The molecule has 0 aromatic carbocycles. The first kappa shape index (κ1) is 18.4. The number of amides is 1. The van der Waals surface area contributed by atoms with Crippen LogP contribution in [-0.4, -0.2) is 43.2 Å². The maximum absolute atomic E-state index is 12.7. The van der Waals surface area contributed by atoms with Crippen LogP contribution in [0.2, 0.25) is 0 Å². The minimum atomic E-state index is 0.0166. The second-order valence-corrected chi connectivity index (χ2v) is 8.48. The molecule has 0 saturated carbocycles. The van der Waals surface area contributed by atoms with Gasteiger partial charge >= 0.3 is 4.87 Å². The summed E-state index contributed by atoms with van der Waals surface area (Å²) in [5, 5.41) is 10.8. The number of hydrogen-bond donors (Lipinski definition) is 0. The van der Waals surface area contributed by atoms with Crippen LogP contribution in [0.5, 0.6) is 0 Å². The van der Waals surface area contributed by atoms with Crippen molar-refractivity contribution in [1.29, 1.82) is 0 Å². The van der Waals surface area contributed by atoms with E-state index in [1.54, 1.807) is 4.57 Å². The average molecular weight is 390 g/mol. The molecule has 7 nitrogen and oxygen atoms in total. The summed E-state index contributed by atoms with van der Waals surface area (Å²) in [5.41, 5.74) is 0.931. The van der Waals surface area contributed by atoms with E-state index in [1.807, 2.05) is 17.2 Å². The van der Waals surface area contributed by atoms with E-state index in [-0.39, 0.29) is 16.7 Å². The van der Waals surface area contributed by atoms with Crippen LogP contribution in [0.25, 0.3) is 0 Å². The molecule has 1 atom stereocenters. The minimum Gasteiger partial charge on any atom is -0.342 e. The number of fused-ring (bicyclic) bond motifs is 1. The van der Waals surface area contributed by atoms with Crippen molar-refractivity contribution in [3.63, 3.8) is 0 Å². The summed E-state index contributed by atoms with van der Waals surface area (Å²) in [7, 11) is 0. The van der Waals surface area contributed by atoms with Crippen LogP contribution in [-0.2, 0) is 24.3 Å². The number of carbonyl (C=O) groups is 1. The van der Waals surface area contributed by atoms with Gasteiger partial charge in [-0.2, -0.15) is 0 Å². The van der Waals surface area contributed by atoms with Crippen molar-refractivity contribution in [2.75, 3.05) is 13.1 Å². The van der Waals surface area contributed by atoms with E-state index < -0.39 is 0 Å². The Morgan fingerprint density at radius 3 is 2.93 bits per heavy atom. The van der Waals surface area contributed by atoms with Gasteiger partial charge < -0.3 is 14.0 Å². The summed E-state index contributed by atoms with van der Waals surface area (Å²) in [4.78, 5) is 26.6. The molecule has 0 aliphatic carbocycles. The number of thiazole rings is 1. The molecule has 2 aromatic rings. The molecule has 0 radical (unpaired) electrons. The summed E-state index contributed by atoms with van der Waals surface area (Å²) in [5.74, 6) is 2.58. The first-order valence-corrected chi connectivity index (χ1v) is 10.9. The maximum Gasteiger partial charge on any atom is 0.307 e. The van der Waals surface area contributed by atoms with Crippen LogP contribution in [0.4, 0.5) is 0 Å². The van der Waals surface area contributed by atoms with Gasteiger partial charge in [0.25, 0.3) is 0 Å². The van der Waals surface area contributed by atoms with Crippen molar-refractivity contribution in [2.45, 2.75) is 70.9 Å². The minimum absolute atomic E-state index is 0.0166. The predicted molar refractivity (Wildman–Crippen MR) is 104 cm³/mol. The molecule has 2 aromatic heterocycles. The molecule has 0 bridgehead atoms. The summed E-state index contributed by atoms with van der Waals surface area (Å²) >= 11 is 1.20. The van der Waals surface area contributed by atoms with Crippen LogP contribution in [0.3, 0.4) is 0 Å². The molecule has 1 unspecified atom stereocenters.